The second-order valence-corrected chi connectivity index (χ2v) is 2.07. The van der Waals surface area contributed by atoms with E-state index in [0.29, 0.717) is 13.2 Å². The Labute approximate surface area is 72.6 Å². The van der Waals surface area contributed by atoms with Crippen molar-refractivity contribution in [3.63, 3.8) is 0 Å². The summed E-state index contributed by atoms with van der Waals surface area (Å²) >= 11 is 0. The lowest BCUT2D eigenvalue weighted by atomic mass is 10.4. The van der Waals surface area contributed by atoms with Crippen LogP contribution in [-0.4, -0.2) is 25.9 Å². The van der Waals surface area contributed by atoms with Gasteiger partial charge in [-0.2, -0.15) is 0 Å². The van der Waals surface area contributed by atoms with E-state index in [-0.39, 0.29) is 0 Å². The van der Waals surface area contributed by atoms with Gasteiger partial charge in [-0.25, -0.2) is 0 Å². The summed E-state index contributed by atoms with van der Waals surface area (Å²) in [6.45, 7) is 3.04. The van der Waals surface area contributed by atoms with Gasteiger partial charge >= 0.3 is 7.69 Å². The molecule has 0 spiro atoms. The Hall–Kier alpha value is -0.775. The van der Waals surface area contributed by atoms with Crippen LogP contribution in [-0.2, 0) is 14.4 Å². The lowest BCUT2D eigenvalue weighted by Gasteiger charge is -2.18. The largest absolute Gasteiger partial charge is 0.548 e. The third kappa shape index (κ3) is 3.57. The van der Waals surface area contributed by atoms with E-state index in [1.165, 1.54) is 0 Å². The maximum absolute atomic E-state index is 5.01. The molecule has 1 rings (SSSR count). The van der Waals surface area contributed by atoms with Crippen LogP contribution in [0.5, 0.6) is 0 Å². The van der Waals surface area contributed by atoms with Crippen LogP contribution in [0.3, 0.4) is 0 Å². The van der Waals surface area contributed by atoms with Crippen molar-refractivity contribution < 1.29 is 14.4 Å². The lowest BCUT2D eigenvalue weighted by molar-refractivity contribution is -0.225. The topological polar surface area (TPSA) is 30.9 Å². The summed E-state index contributed by atoms with van der Waals surface area (Å²) < 4.78 is 5.01. The molecule has 0 saturated carbocycles. The fourth-order valence-corrected chi connectivity index (χ4v) is 0.697. The molecular formula is C7H11BNO3. The fraction of sp³-hybridized carbons (Fsp3) is 0.429. The number of hydroxylamine groups is 2. The van der Waals surface area contributed by atoms with Gasteiger partial charge in [-0.05, 0) is 13.0 Å². The third-order valence-corrected chi connectivity index (χ3v) is 1.19. The zero-order chi connectivity index (χ0) is 8.65. The summed E-state index contributed by atoms with van der Waals surface area (Å²) in [7, 11) is 1.15. The molecule has 0 amide bonds. The van der Waals surface area contributed by atoms with E-state index in [4.69, 9.17) is 4.76 Å². The van der Waals surface area contributed by atoms with Gasteiger partial charge in [0.25, 0.3) is 0 Å². The van der Waals surface area contributed by atoms with Crippen LogP contribution in [0.15, 0.2) is 24.4 Å². The Morgan fingerprint density at radius 3 is 3.08 bits per heavy atom. The van der Waals surface area contributed by atoms with E-state index in [1.54, 1.807) is 11.3 Å². The Morgan fingerprint density at radius 1 is 1.50 bits per heavy atom. The molecule has 5 heteroatoms. The Balaban J connectivity index is 2.00. The number of nitrogens with zero attached hydrogens (tertiary/aromatic N) is 1. The highest BCUT2D eigenvalue weighted by atomic mass is 17.2. The van der Waals surface area contributed by atoms with Gasteiger partial charge in [0, 0.05) is 6.20 Å². The molecule has 1 aliphatic heterocycles. The second-order valence-electron chi connectivity index (χ2n) is 2.07. The molecule has 1 aliphatic rings. The third-order valence-electron chi connectivity index (χ3n) is 1.19. The second kappa shape index (κ2) is 5.82. The van der Waals surface area contributed by atoms with Gasteiger partial charge < -0.3 is 0 Å². The average Bonchev–Trinajstić information content (AvgIpc) is 2.14. The molecule has 1 heterocycles. The van der Waals surface area contributed by atoms with Crippen molar-refractivity contribution in [3.8, 4) is 0 Å². The minimum atomic E-state index is 0.496. The van der Waals surface area contributed by atoms with Gasteiger partial charge in [0.05, 0.1) is 13.2 Å². The molecule has 1 radical (unpaired) electrons. The van der Waals surface area contributed by atoms with Gasteiger partial charge in [-0.3, -0.25) is 19.5 Å². The fourth-order valence-electron chi connectivity index (χ4n) is 0.697. The van der Waals surface area contributed by atoms with Crippen molar-refractivity contribution in [2.24, 2.45) is 0 Å². The van der Waals surface area contributed by atoms with E-state index >= 15 is 0 Å². The number of hydrogen-bond acceptors (Lipinski definition) is 4. The highest BCUT2D eigenvalue weighted by Crippen LogP contribution is 1.97. The molecule has 0 saturated heterocycles. The first-order valence-corrected chi connectivity index (χ1v) is 3.80. The first-order chi connectivity index (χ1) is 5.93. The molecule has 0 aromatic rings. The smallest absolute Gasteiger partial charge is 0.297 e. The first-order valence-electron chi connectivity index (χ1n) is 3.80. The monoisotopic (exact) mass is 168 g/mol. The average molecular weight is 168 g/mol. The molecule has 4 nitrogen and oxygen atoms in total. The molecule has 65 valence electrons. The molecule has 0 aromatic carbocycles. The summed E-state index contributed by atoms with van der Waals surface area (Å²) in [5.74, 6) is 0. The standard InChI is InChI=1S/C7H11BNO3/c1-2-10-12-8-11-9-6-4-3-5-7-9/h3-6H,2,7H2,1H3. The molecular weight excluding hydrogens is 157 g/mol. The summed E-state index contributed by atoms with van der Waals surface area (Å²) in [5, 5.41) is 1.61. The minimum Gasteiger partial charge on any atom is -0.297 e. The summed E-state index contributed by atoms with van der Waals surface area (Å²) in [5.41, 5.74) is 0. The van der Waals surface area contributed by atoms with Crippen molar-refractivity contribution >= 4 is 7.69 Å². The molecule has 0 fully saturated rings. The number of allylic oxidation sites excluding steroid dienone is 2. The zero-order valence-corrected chi connectivity index (χ0v) is 6.97. The molecule has 0 aromatic heterocycles. The van der Waals surface area contributed by atoms with Crippen molar-refractivity contribution in [2.45, 2.75) is 6.92 Å². The summed E-state index contributed by atoms with van der Waals surface area (Å²) in [4.78, 5) is 9.11. The lowest BCUT2D eigenvalue weighted by Crippen LogP contribution is -2.23. The van der Waals surface area contributed by atoms with E-state index in [9.17, 15) is 0 Å². The van der Waals surface area contributed by atoms with Crippen LogP contribution < -0.4 is 0 Å². The SMILES string of the molecule is CCOO[B]ON1C=CC=CC1. The minimum absolute atomic E-state index is 0.496. The van der Waals surface area contributed by atoms with E-state index < -0.39 is 0 Å². The highest BCUT2D eigenvalue weighted by Gasteiger charge is 2.02. The highest BCUT2D eigenvalue weighted by molar-refractivity contribution is 6.17. The Bertz CT molecular complexity index is 172. The first kappa shape index (κ1) is 9.31. The van der Waals surface area contributed by atoms with Crippen molar-refractivity contribution in [3.05, 3.63) is 24.4 Å². The van der Waals surface area contributed by atoms with Gasteiger partial charge in [0.1, 0.15) is 0 Å². The normalized spacial score (nSPS) is 15.2. The summed E-state index contributed by atoms with van der Waals surface area (Å²) in [6, 6.07) is 0. The molecule has 0 atom stereocenters. The van der Waals surface area contributed by atoms with Crippen molar-refractivity contribution in [2.75, 3.05) is 13.2 Å². The molecule has 0 bridgehead atoms. The van der Waals surface area contributed by atoms with E-state index in [0.717, 1.165) is 7.69 Å². The summed E-state index contributed by atoms with van der Waals surface area (Å²) in [6.07, 6.45) is 7.58. The van der Waals surface area contributed by atoms with Crippen molar-refractivity contribution in [1.29, 1.82) is 0 Å². The Morgan fingerprint density at radius 2 is 2.42 bits per heavy atom. The van der Waals surface area contributed by atoms with E-state index in [2.05, 4.69) is 9.69 Å². The van der Waals surface area contributed by atoms with Crippen LogP contribution in [0.2, 0.25) is 0 Å². The predicted octanol–water partition coefficient (Wildman–Crippen LogP) is 0.806. The predicted molar refractivity (Wildman–Crippen MR) is 44.5 cm³/mol. The number of hydrogen-bond donors (Lipinski definition) is 0. The van der Waals surface area contributed by atoms with Gasteiger partial charge in [0.15, 0.2) is 0 Å². The number of rotatable bonds is 5. The van der Waals surface area contributed by atoms with Crippen LogP contribution in [0.1, 0.15) is 6.92 Å². The maximum Gasteiger partial charge on any atom is 0.548 e. The molecule has 0 N–H and O–H groups in total. The Kier molecular flexibility index (Phi) is 4.52. The van der Waals surface area contributed by atoms with Crippen LogP contribution in [0.25, 0.3) is 0 Å². The van der Waals surface area contributed by atoms with Crippen LogP contribution >= 0.6 is 0 Å². The van der Waals surface area contributed by atoms with E-state index in [1.807, 2.05) is 25.2 Å². The molecule has 0 unspecified atom stereocenters. The zero-order valence-electron chi connectivity index (χ0n) is 6.97. The molecule has 0 aliphatic carbocycles. The quantitative estimate of drug-likeness (QED) is 0.263. The van der Waals surface area contributed by atoms with Gasteiger partial charge in [-0.1, -0.05) is 12.2 Å². The molecule has 12 heavy (non-hydrogen) atoms. The van der Waals surface area contributed by atoms with Gasteiger partial charge in [-0.15, -0.1) is 0 Å². The van der Waals surface area contributed by atoms with Crippen molar-refractivity contribution in [1.82, 2.24) is 5.06 Å². The van der Waals surface area contributed by atoms with Crippen LogP contribution in [0, 0.1) is 0 Å². The van der Waals surface area contributed by atoms with Crippen LogP contribution in [0.4, 0.5) is 0 Å². The van der Waals surface area contributed by atoms with Gasteiger partial charge in [0.2, 0.25) is 0 Å². The maximum atomic E-state index is 5.01.